The lowest BCUT2D eigenvalue weighted by Crippen LogP contribution is -2.52. The number of aryl methyl sites for hydroxylation is 1. The van der Waals surface area contributed by atoms with E-state index < -0.39 is 0 Å². The van der Waals surface area contributed by atoms with Crippen LogP contribution in [0.3, 0.4) is 0 Å². The van der Waals surface area contributed by atoms with Gasteiger partial charge in [-0.25, -0.2) is 0 Å². The normalized spacial score (nSPS) is 19.3. The second kappa shape index (κ2) is 8.48. The van der Waals surface area contributed by atoms with Crippen LogP contribution < -0.4 is 10.2 Å². The van der Waals surface area contributed by atoms with Gasteiger partial charge in [0.2, 0.25) is 11.8 Å². The van der Waals surface area contributed by atoms with E-state index in [1.54, 1.807) is 20.7 Å². The van der Waals surface area contributed by atoms with Crippen molar-refractivity contribution in [3.63, 3.8) is 0 Å². The van der Waals surface area contributed by atoms with Gasteiger partial charge in [0.25, 0.3) is 0 Å². The maximum atomic E-state index is 12.4. The minimum Gasteiger partial charge on any atom is -0.332 e. The zero-order valence-corrected chi connectivity index (χ0v) is 14.9. The minimum absolute atomic E-state index is 0. The van der Waals surface area contributed by atoms with Gasteiger partial charge in [0, 0.05) is 32.8 Å². The Bertz CT molecular complexity index is 571. The van der Waals surface area contributed by atoms with E-state index in [4.69, 9.17) is 0 Å². The predicted octanol–water partition coefficient (Wildman–Crippen LogP) is 0.797. The van der Waals surface area contributed by atoms with E-state index in [-0.39, 0.29) is 30.8 Å². The summed E-state index contributed by atoms with van der Waals surface area (Å²) in [6.45, 7) is 3.44. The molecule has 0 radical (unpaired) electrons. The molecule has 2 aliphatic heterocycles. The second-order valence-electron chi connectivity index (χ2n) is 6.46. The van der Waals surface area contributed by atoms with Crippen molar-refractivity contribution in [2.24, 2.45) is 13.0 Å². The third-order valence-electron chi connectivity index (χ3n) is 4.80. The molecule has 0 atom stereocenters. The van der Waals surface area contributed by atoms with Crippen molar-refractivity contribution in [1.82, 2.24) is 20.0 Å². The number of carbonyl (C=O) groups is 2. The molecule has 0 aliphatic carbocycles. The van der Waals surface area contributed by atoms with Gasteiger partial charge in [-0.05, 0) is 38.3 Å². The van der Waals surface area contributed by atoms with Crippen molar-refractivity contribution in [3.8, 4) is 0 Å². The molecule has 0 unspecified atom stereocenters. The van der Waals surface area contributed by atoms with Crippen molar-refractivity contribution < 1.29 is 9.59 Å². The van der Waals surface area contributed by atoms with Crippen molar-refractivity contribution in [2.45, 2.75) is 25.7 Å². The number of rotatable bonds is 4. The maximum Gasteiger partial charge on any atom is 0.246 e. The first-order chi connectivity index (χ1) is 11.1. The summed E-state index contributed by atoms with van der Waals surface area (Å²) in [5.74, 6) is 0.731. The van der Waals surface area contributed by atoms with Crippen LogP contribution in [0.1, 0.15) is 25.7 Å². The van der Waals surface area contributed by atoms with E-state index in [1.165, 1.54) is 0 Å². The number of halogens is 1. The highest BCUT2D eigenvalue weighted by Crippen LogP contribution is 2.20. The molecule has 2 fully saturated rings. The standard InChI is InChI=1S/C16H25N5O2.ClH/c1-19-11-14(10-18-19)21-9-8-20(12-16(21)23)15(22)3-2-13-4-6-17-7-5-13;/h10-11,13,17H,2-9,12H2,1H3;1H. The Hall–Kier alpha value is -1.60. The highest BCUT2D eigenvalue weighted by molar-refractivity contribution is 5.97. The van der Waals surface area contributed by atoms with Crippen molar-refractivity contribution in [1.29, 1.82) is 0 Å². The first-order valence-corrected chi connectivity index (χ1v) is 8.41. The first-order valence-electron chi connectivity index (χ1n) is 8.41. The summed E-state index contributed by atoms with van der Waals surface area (Å²) in [5, 5.41) is 7.44. The van der Waals surface area contributed by atoms with E-state index in [0.717, 1.165) is 38.0 Å². The first kappa shape index (κ1) is 18.7. The summed E-state index contributed by atoms with van der Waals surface area (Å²) in [4.78, 5) is 28.1. The molecule has 0 bridgehead atoms. The highest BCUT2D eigenvalue weighted by atomic mass is 35.5. The lowest BCUT2D eigenvalue weighted by molar-refractivity contribution is -0.137. The molecule has 2 saturated heterocycles. The van der Waals surface area contributed by atoms with Crippen LogP contribution in [0.15, 0.2) is 12.4 Å². The smallest absolute Gasteiger partial charge is 0.246 e. The molecule has 3 heterocycles. The Morgan fingerprint density at radius 1 is 1.33 bits per heavy atom. The molecule has 134 valence electrons. The topological polar surface area (TPSA) is 70.5 Å². The Labute approximate surface area is 148 Å². The fourth-order valence-corrected chi connectivity index (χ4v) is 3.36. The fourth-order valence-electron chi connectivity index (χ4n) is 3.36. The molecule has 24 heavy (non-hydrogen) atoms. The molecule has 3 rings (SSSR count). The number of piperazine rings is 1. The molecular weight excluding hydrogens is 330 g/mol. The molecule has 1 aromatic rings. The lowest BCUT2D eigenvalue weighted by atomic mass is 9.93. The summed E-state index contributed by atoms with van der Waals surface area (Å²) < 4.78 is 1.68. The molecule has 0 saturated carbocycles. The third kappa shape index (κ3) is 4.48. The number of anilines is 1. The molecule has 7 nitrogen and oxygen atoms in total. The van der Waals surface area contributed by atoms with Crippen molar-refractivity contribution in [3.05, 3.63) is 12.4 Å². The SMILES string of the molecule is Cl.Cn1cc(N2CCN(C(=O)CCC3CCNCC3)CC2=O)cn1. The van der Waals surface area contributed by atoms with Gasteiger partial charge in [-0.2, -0.15) is 5.10 Å². The molecular formula is C16H26ClN5O2. The van der Waals surface area contributed by atoms with Crippen LogP contribution in [-0.4, -0.2) is 59.2 Å². The molecule has 0 aromatic carbocycles. The van der Waals surface area contributed by atoms with Gasteiger partial charge in [-0.3, -0.25) is 14.3 Å². The van der Waals surface area contributed by atoms with Crippen LogP contribution in [-0.2, 0) is 16.6 Å². The number of nitrogens with zero attached hydrogens (tertiary/aromatic N) is 4. The average molecular weight is 356 g/mol. The number of hydrogen-bond acceptors (Lipinski definition) is 4. The number of carbonyl (C=O) groups excluding carboxylic acids is 2. The van der Waals surface area contributed by atoms with Gasteiger partial charge in [0.05, 0.1) is 11.9 Å². The van der Waals surface area contributed by atoms with Gasteiger partial charge in [0.1, 0.15) is 6.54 Å². The van der Waals surface area contributed by atoms with Gasteiger partial charge < -0.3 is 15.1 Å². The largest absolute Gasteiger partial charge is 0.332 e. The van der Waals surface area contributed by atoms with E-state index in [9.17, 15) is 9.59 Å². The monoisotopic (exact) mass is 355 g/mol. The summed E-state index contributed by atoms with van der Waals surface area (Å²) in [6, 6.07) is 0. The van der Waals surface area contributed by atoms with Gasteiger partial charge in [-0.15, -0.1) is 12.4 Å². The lowest BCUT2D eigenvalue weighted by Gasteiger charge is -2.34. The van der Waals surface area contributed by atoms with Gasteiger partial charge in [0.15, 0.2) is 0 Å². The quantitative estimate of drug-likeness (QED) is 0.867. The zero-order chi connectivity index (χ0) is 16.2. The molecule has 2 aliphatic rings. The fraction of sp³-hybridized carbons (Fsp3) is 0.688. The molecule has 1 N–H and O–H groups in total. The summed E-state index contributed by atoms with van der Waals surface area (Å²) in [6.07, 6.45) is 7.32. The van der Waals surface area contributed by atoms with E-state index in [0.29, 0.717) is 25.4 Å². The Kier molecular flexibility index (Phi) is 6.62. The van der Waals surface area contributed by atoms with Crippen LogP contribution in [0.5, 0.6) is 0 Å². The number of piperidine rings is 1. The molecule has 0 spiro atoms. The Morgan fingerprint density at radius 2 is 2.08 bits per heavy atom. The van der Waals surface area contributed by atoms with Gasteiger partial charge >= 0.3 is 0 Å². The van der Waals surface area contributed by atoms with Crippen LogP contribution in [0.2, 0.25) is 0 Å². The maximum absolute atomic E-state index is 12.4. The van der Waals surface area contributed by atoms with Crippen LogP contribution in [0.4, 0.5) is 5.69 Å². The van der Waals surface area contributed by atoms with Crippen molar-refractivity contribution >= 4 is 29.9 Å². The molecule has 1 aromatic heterocycles. The highest BCUT2D eigenvalue weighted by Gasteiger charge is 2.28. The molecule has 2 amide bonds. The van der Waals surface area contributed by atoms with Gasteiger partial charge in [-0.1, -0.05) is 0 Å². The van der Waals surface area contributed by atoms with E-state index in [2.05, 4.69) is 10.4 Å². The summed E-state index contributed by atoms with van der Waals surface area (Å²) in [5.41, 5.74) is 0.805. The Balaban J connectivity index is 0.00000208. The third-order valence-corrected chi connectivity index (χ3v) is 4.80. The average Bonchev–Trinajstić information content (AvgIpc) is 2.99. The minimum atomic E-state index is -0.0283. The molecule has 8 heteroatoms. The zero-order valence-electron chi connectivity index (χ0n) is 14.1. The predicted molar refractivity (Wildman–Crippen MR) is 94.2 cm³/mol. The second-order valence-corrected chi connectivity index (χ2v) is 6.46. The number of hydrogen-bond donors (Lipinski definition) is 1. The van der Waals surface area contributed by atoms with Crippen LogP contribution in [0, 0.1) is 5.92 Å². The summed E-state index contributed by atoms with van der Waals surface area (Å²) in [7, 11) is 1.83. The van der Waals surface area contributed by atoms with E-state index in [1.807, 2.05) is 13.2 Å². The summed E-state index contributed by atoms with van der Waals surface area (Å²) >= 11 is 0. The van der Waals surface area contributed by atoms with E-state index >= 15 is 0 Å². The number of nitrogens with one attached hydrogen (secondary N) is 1. The van der Waals surface area contributed by atoms with Crippen LogP contribution >= 0.6 is 12.4 Å². The van der Waals surface area contributed by atoms with Crippen LogP contribution in [0.25, 0.3) is 0 Å². The number of aromatic nitrogens is 2. The van der Waals surface area contributed by atoms with Crippen molar-refractivity contribution in [2.75, 3.05) is 37.6 Å². The number of amides is 2. The Morgan fingerprint density at radius 3 is 2.71 bits per heavy atom.